The molecule has 3 heterocycles. The summed E-state index contributed by atoms with van der Waals surface area (Å²) < 4.78 is 48.2. The van der Waals surface area contributed by atoms with E-state index in [4.69, 9.17) is 16.3 Å². The largest absolute Gasteiger partial charge is 0.490 e. The molecule has 0 unspecified atom stereocenters. The smallest absolute Gasteiger partial charge is 0.262 e. The highest BCUT2D eigenvalue weighted by Crippen LogP contribution is 2.36. The summed E-state index contributed by atoms with van der Waals surface area (Å²) in [6, 6.07) is 7.95. The lowest BCUT2D eigenvalue weighted by Crippen LogP contribution is -2.48. The van der Waals surface area contributed by atoms with Crippen LogP contribution in [-0.4, -0.2) is 59.0 Å². The molecule has 0 bridgehead atoms. The predicted molar refractivity (Wildman–Crippen MR) is 109 cm³/mol. The third-order valence-electron chi connectivity index (χ3n) is 5.96. The molecule has 2 saturated heterocycles. The molecule has 1 atom stereocenters. The lowest BCUT2D eigenvalue weighted by Gasteiger charge is -2.39. The molecule has 2 aliphatic rings. The highest BCUT2D eigenvalue weighted by atomic mass is 35.5. The minimum absolute atomic E-state index is 0.0632. The molecule has 0 saturated carbocycles. The minimum atomic E-state index is -2.71. The number of halogens is 4. The molecule has 0 aliphatic carbocycles. The van der Waals surface area contributed by atoms with Crippen LogP contribution >= 0.6 is 11.6 Å². The number of benzene rings is 1. The summed E-state index contributed by atoms with van der Waals surface area (Å²) in [5, 5.41) is 0.420. The Kier molecular flexibility index (Phi) is 6.51. The molecule has 30 heavy (non-hydrogen) atoms. The zero-order chi connectivity index (χ0) is 21.1. The van der Waals surface area contributed by atoms with Gasteiger partial charge in [0.15, 0.2) is 0 Å². The van der Waals surface area contributed by atoms with Crippen LogP contribution < -0.4 is 4.74 Å². The van der Waals surface area contributed by atoms with Crippen LogP contribution in [0.5, 0.6) is 5.75 Å². The first-order valence-electron chi connectivity index (χ1n) is 10.2. The SMILES string of the molecule is Fc1cccc(Cl)c1CN1CCC(N2CC(F)(F)C[C@H]2COc2cccnc2)CC1. The first kappa shape index (κ1) is 21.4. The summed E-state index contributed by atoms with van der Waals surface area (Å²) in [7, 11) is 0. The molecule has 1 aromatic heterocycles. The van der Waals surface area contributed by atoms with Gasteiger partial charge >= 0.3 is 0 Å². The number of piperidine rings is 1. The second-order valence-corrected chi connectivity index (χ2v) is 8.50. The van der Waals surface area contributed by atoms with Crippen LogP contribution in [0.25, 0.3) is 0 Å². The normalized spacial score (nSPS) is 23.0. The van der Waals surface area contributed by atoms with Crippen LogP contribution in [0.1, 0.15) is 24.8 Å². The molecule has 2 aliphatic heterocycles. The van der Waals surface area contributed by atoms with Crippen LogP contribution in [0.3, 0.4) is 0 Å². The van der Waals surface area contributed by atoms with Gasteiger partial charge in [0.25, 0.3) is 5.92 Å². The van der Waals surface area contributed by atoms with E-state index in [9.17, 15) is 13.2 Å². The lowest BCUT2D eigenvalue weighted by molar-refractivity contribution is 0.00266. The van der Waals surface area contributed by atoms with E-state index in [1.165, 1.54) is 6.07 Å². The lowest BCUT2D eigenvalue weighted by atomic mass is 10.0. The van der Waals surface area contributed by atoms with Gasteiger partial charge in [0.2, 0.25) is 0 Å². The van der Waals surface area contributed by atoms with Crippen LogP contribution in [0, 0.1) is 5.82 Å². The topological polar surface area (TPSA) is 28.6 Å². The monoisotopic (exact) mass is 439 g/mol. The van der Waals surface area contributed by atoms with Crippen molar-refractivity contribution in [2.75, 3.05) is 26.2 Å². The average Bonchev–Trinajstić information content (AvgIpc) is 3.05. The molecule has 4 rings (SSSR count). The zero-order valence-electron chi connectivity index (χ0n) is 16.6. The molecule has 2 aromatic rings. The Morgan fingerprint density at radius 2 is 1.97 bits per heavy atom. The Balaban J connectivity index is 1.35. The van der Waals surface area contributed by atoms with Crippen LogP contribution in [-0.2, 0) is 6.54 Å². The van der Waals surface area contributed by atoms with E-state index in [-0.39, 0.29) is 37.5 Å². The maximum absolute atomic E-state index is 14.2. The molecule has 4 nitrogen and oxygen atoms in total. The minimum Gasteiger partial charge on any atom is -0.490 e. The van der Waals surface area contributed by atoms with Gasteiger partial charge in [-0.1, -0.05) is 17.7 Å². The van der Waals surface area contributed by atoms with Crippen molar-refractivity contribution < 1.29 is 17.9 Å². The molecule has 2 fully saturated rings. The van der Waals surface area contributed by atoms with Crippen molar-refractivity contribution in [3.63, 3.8) is 0 Å². The molecule has 0 N–H and O–H groups in total. The summed E-state index contributed by atoms with van der Waals surface area (Å²) in [4.78, 5) is 8.04. The summed E-state index contributed by atoms with van der Waals surface area (Å²) in [5.74, 6) is -2.43. The van der Waals surface area contributed by atoms with Gasteiger partial charge in [-0.15, -0.1) is 0 Å². The number of hydrogen-bond acceptors (Lipinski definition) is 4. The predicted octanol–water partition coefficient (Wildman–Crippen LogP) is 4.63. The first-order valence-corrected chi connectivity index (χ1v) is 10.6. The molecule has 0 amide bonds. The van der Waals surface area contributed by atoms with Gasteiger partial charge in [0.05, 0.1) is 18.8 Å². The number of rotatable bonds is 6. The molecular weight excluding hydrogens is 415 g/mol. The fourth-order valence-electron chi connectivity index (χ4n) is 4.45. The first-order chi connectivity index (χ1) is 14.4. The van der Waals surface area contributed by atoms with Gasteiger partial charge in [-0.05, 0) is 50.2 Å². The Morgan fingerprint density at radius 1 is 1.17 bits per heavy atom. The highest BCUT2D eigenvalue weighted by molar-refractivity contribution is 6.31. The van der Waals surface area contributed by atoms with Crippen molar-refractivity contribution in [1.29, 1.82) is 0 Å². The molecule has 162 valence electrons. The summed E-state index contributed by atoms with van der Waals surface area (Å²) in [5.41, 5.74) is 0.494. The maximum atomic E-state index is 14.2. The standard InChI is InChI=1S/C22H25ClF3N3O/c23-20-4-1-5-21(24)19(20)13-28-9-6-16(7-10-28)29-15-22(25,26)11-17(29)14-30-18-3-2-8-27-12-18/h1-5,8,12,16-17H,6-7,9-11,13-15H2/t17-/m0/s1. The molecule has 0 radical (unpaired) electrons. The van der Waals surface area contributed by atoms with Crippen molar-refractivity contribution in [2.24, 2.45) is 0 Å². The van der Waals surface area contributed by atoms with E-state index in [2.05, 4.69) is 9.88 Å². The second kappa shape index (κ2) is 9.12. The van der Waals surface area contributed by atoms with E-state index in [1.54, 1.807) is 36.7 Å². The van der Waals surface area contributed by atoms with Crippen molar-refractivity contribution in [1.82, 2.24) is 14.8 Å². The number of aromatic nitrogens is 1. The maximum Gasteiger partial charge on any atom is 0.262 e. The van der Waals surface area contributed by atoms with Crippen LogP contribution in [0.15, 0.2) is 42.7 Å². The molecule has 8 heteroatoms. The molecular formula is C22H25ClF3N3O. The average molecular weight is 440 g/mol. The summed E-state index contributed by atoms with van der Waals surface area (Å²) >= 11 is 6.14. The van der Waals surface area contributed by atoms with Gasteiger partial charge in [0.1, 0.15) is 18.2 Å². The van der Waals surface area contributed by atoms with Crippen molar-refractivity contribution in [3.05, 3.63) is 59.1 Å². The van der Waals surface area contributed by atoms with E-state index in [1.807, 2.05) is 4.90 Å². The number of ether oxygens (including phenoxy) is 1. The quantitative estimate of drug-likeness (QED) is 0.656. The van der Waals surface area contributed by atoms with Crippen molar-refractivity contribution >= 4 is 11.6 Å². The highest BCUT2D eigenvalue weighted by Gasteiger charge is 2.47. The number of pyridine rings is 1. The van der Waals surface area contributed by atoms with Crippen LogP contribution in [0.4, 0.5) is 13.2 Å². The van der Waals surface area contributed by atoms with E-state index in [0.717, 1.165) is 12.8 Å². The summed E-state index contributed by atoms with van der Waals surface area (Å²) in [6.45, 7) is 1.84. The van der Waals surface area contributed by atoms with Crippen LogP contribution in [0.2, 0.25) is 5.02 Å². The van der Waals surface area contributed by atoms with Gasteiger partial charge < -0.3 is 4.74 Å². The van der Waals surface area contributed by atoms with E-state index in [0.29, 0.717) is 36.0 Å². The third kappa shape index (κ3) is 5.07. The third-order valence-corrected chi connectivity index (χ3v) is 6.32. The molecule has 0 spiro atoms. The van der Waals surface area contributed by atoms with Gasteiger partial charge in [0, 0.05) is 35.8 Å². The molecule has 1 aromatic carbocycles. The number of likely N-dealkylation sites (tertiary alicyclic amines) is 2. The van der Waals surface area contributed by atoms with E-state index < -0.39 is 5.92 Å². The zero-order valence-corrected chi connectivity index (χ0v) is 17.4. The van der Waals surface area contributed by atoms with Crippen molar-refractivity contribution in [3.8, 4) is 5.75 Å². The second-order valence-electron chi connectivity index (χ2n) is 8.09. The van der Waals surface area contributed by atoms with Crippen molar-refractivity contribution in [2.45, 2.75) is 43.8 Å². The van der Waals surface area contributed by atoms with E-state index >= 15 is 0 Å². The van der Waals surface area contributed by atoms with Gasteiger partial charge in [-0.3, -0.25) is 14.8 Å². The Hall–Kier alpha value is -1.83. The Bertz CT molecular complexity index is 827. The number of hydrogen-bond donors (Lipinski definition) is 0. The number of nitrogens with zero attached hydrogens (tertiary/aromatic N) is 3. The fraction of sp³-hybridized carbons (Fsp3) is 0.500. The number of alkyl halides is 2. The summed E-state index contributed by atoms with van der Waals surface area (Å²) in [6.07, 6.45) is 4.55. The Labute approximate surface area is 179 Å². The fourth-order valence-corrected chi connectivity index (χ4v) is 4.67. The Morgan fingerprint density at radius 3 is 2.67 bits per heavy atom. The van der Waals surface area contributed by atoms with Gasteiger partial charge in [-0.2, -0.15) is 0 Å². The van der Waals surface area contributed by atoms with Gasteiger partial charge in [-0.25, -0.2) is 13.2 Å².